The predicted molar refractivity (Wildman–Crippen MR) is 72.7 cm³/mol. The number of carbonyl (C=O) groups is 1. The minimum absolute atomic E-state index is 0.0347. The summed E-state index contributed by atoms with van der Waals surface area (Å²) in [6.45, 7) is 3.10. The molecule has 2 aliphatic rings. The van der Waals surface area contributed by atoms with E-state index in [1.165, 1.54) is 11.1 Å². The number of carboxylic acid groups (broad SMARTS) is 1. The zero-order valence-electron chi connectivity index (χ0n) is 11.3. The zero-order valence-corrected chi connectivity index (χ0v) is 11.3. The maximum Gasteiger partial charge on any atom is 0.334 e. The average Bonchev–Trinajstić information content (AvgIpc) is 2.48. The molecule has 0 aliphatic carbocycles. The molecule has 2 aliphatic heterocycles. The van der Waals surface area contributed by atoms with Gasteiger partial charge in [0.05, 0.1) is 19.3 Å². The minimum atomic E-state index is -0.889. The molecule has 1 aromatic rings. The molecule has 1 N–H and O–H groups in total. The van der Waals surface area contributed by atoms with Gasteiger partial charge in [-0.05, 0) is 17.5 Å². The predicted octanol–water partition coefficient (Wildman–Crippen LogP) is 1.09. The van der Waals surface area contributed by atoms with Gasteiger partial charge in [-0.1, -0.05) is 24.3 Å². The number of morpholine rings is 1. The fourth-order valence-electron chi connectivity index (χ4n) is 2.88. The molecule has 5 nitrogen and oxygen atoms in total. The number of ether oxygens (including phenoxy) is 2. The molecule has 0 spiro atoms. The lowest BCUT2D eigenvalue weighted by Gasteiger charge is -2.35. The Bertz CT molecular complexity index is 491. The zero-order chi connectivity index (χ0) is 13.9. The highest BCUT2D eigenvalue weighted by molar-refractivity contribution is 5.72. The monoisotopic (exact) mass is 277 g/mol. The van der Waals surface area contributed by atoms with Gasteiger partial charge in [-0.3, -0.25) is 4.90 Å². The number of nitrogens with zero attached hydrogens (tertiary/aromatic N) is 1. The van der Waals surface area contributed by atoms with E-state index in [0.717, 1.165) is 26.1 Å². The lowest BCUT2D eigenvalue weighted by atomic mass is 9.97. The largest absolute Gasteiger partial charge is 0.479 e. The van der Waals surface area contributed by atoms with E-state index in [4.69, 9.17) is 14.6 Å². The summed E-state index contributed by atoms with van der Waals surface area (Å²) >= 11 is 0. The van der Waals surface area contributed by atoms with Crippen LogP contribution in [0.2, 0.25) is 0 Å². The van der Waals surface area contributed by atoms with Crippen molar-refractivity contribution in [2.24, 2.45) is 0 Å². The SMILES string of the molecule is O=C(O)C1CN(CC2OCCc3ccccc32)CCO1. The number of fused-ring (bicyclic) bond motifs is 1. The van der Waals surface area contributed by atoms with Crippen LogP contribution in [-0.2, 0) is 20.7 Å². The van der Waals surface area contributed by atoms with E-state index in [2.05, 4.69) is 23.1 Å². The number of benzene rings is 1. The Morgan fingerprint density at radius 1 is 1.30 bits per heavy atom. The van der Waals surface area contributed by atoms with Crippen LogP contribution in [0.3, 0.4) is 0 Å². The van der Waals surface area contributed by atoms with E-state index in [-0.39, 0.29) is 6.10 Å². The summed E-state index contributed by atoms with van der Waals surface area (Å²) in [6.07, 6.45) is 0.267. The third-order valence-electron chi connectivity index (χ3n) is 3.94. The number of rotatable bonds is 3. The van der Waals surface area contributed by atoms with E-state index in [0.29, 0.717) is 13.2 Å². The van der Waals surface area contributed by atoms with Crippen LogP contribution in [0, 0.1) is 0 Å². The number of hydrogen-bond donors (Lipinski definition) is 1. The Morgan fingerprint density at radius 3 is 3.00 bits per heavy atom. The fraction of sp³-hybridized carbons (Fsp3) is 0.533. The van der Waals surface area contributed by atoms with Crippen molar-refractivity contribution in [1.82, 2.24) is 4.90 Å². The van der Waals surface area contributed by atoms with Crippen LogP contribution >= 0.6 is 0 Å². The van der Waals surface area contributed by atoms with Gasteiger partial charge in [-0.15, -0.1) is 0 Å². The Balaban J connectivity index is 1.68. The molecule has 0 bridgehead atoms. The van der Waals surface area contributed by atoms with Gasteiger partial charge >= 0.3 is 5.97 Å². The molecule has 2 heterocycles. The highest BCUT2D eigenvalue weighted by Gasteiger charge is 2.29. The molecule has 2 unspecified atom stereocenters. The topological polar surface area (TPSA) is 59.0 Å². The van der Waals surface area contributed by atoms with E-state index < -0.39 is 12.1 Å². The third-order valence-corrected chi connectivity index (χ3v) is 3.94. The summed E-state index contributed by atoms with van der Waals surface area (Å²) < 4.78 is 11.1. The quantitative estimate of drug-likeness (QED) is 0.896. The van der Waals surface area contributed by atoms with Crippen LogP contribution in [0.1, 0.15) is 17.2 Å². The van der Waals surface area contributed by atoms with Crippen molar-refractivity contribution in [2.45, 2.75) is 18.6 Å². The molecular formula is C15H19NO4. The maximum atomic E-state index is 11.0. The molecule has 1 aromatic carbocycles. The first-order valence-electron chi connectivity index (χ1n) is 7.00. The number of aliphatic carboxylic acids is 1. The summed E-state index contributed by atoms with van der Waals surface area (Å²) in [6, 6.07) is 8.33. The van der Waals surface area contributed by atoms with Crippen molar-refractivity contribution in [3.8, 4) is 0 Å². The van der Waals surface area contributed by atoms with E-state index in [9.17, 15) is 4.79 Å². The first-order chi connectivity index (χ1) is 9.74. The highest BCUT2D eigenvalue weighted by Crippen LogP contribution is 2.28. The van der Waals surface area contributed by atoms with Crippen molar-refractivity contribution in [2.75, 3.05) is 32.8 Å². The second-order valence-corrected chi connectivity index (χ2v) is 5.27. The van der Waals surface area contributed by atoms with Crippen molar-refractivity contribution in [3.63, 3.8) is 0 Å². The van der Waals surface area contributed by atoms with Crippen molar-refractivity contribution < 1.29 is 19.4 Å². The molecule has 1 saturated heterocycles. The lowest BCUT2D eigenvalue weighted by Crippen LogP contribution is -2.47. The van der Waals surface area contributed by atoms with Crippen LogP contribution in [0.25, 0.3) is 0 Å². The number of hydrogen-bond acceptors (Lipinski definition) is 4. The third kappa shape index (κ3) is 2.85. The Labute approximate surface area is 118 Å². The summed E-state index contributed by atoms with van der Waals surface area (Å²) in [4.78, 5) is 13.1. The van der Waals surface area contributed by atoms with Gasteiger partial charge in [-0.2, -0.15) is 0 Å². The Hall–Kier alpha value is -1.43. The van der Waals surface area contributed by atoms with Crippen LogP contribution in [0.4, 0.5) is 0 Å². The molecular weight excluding hydrogens is 258 g/mol. The molecule has 0 aromatic heterocycles. The van der Waals surface area contributed by atoms with Gasteiger partial charge in [0.25, 0.3) is 0 Å². The normalized spacial score (nSPS) is 27.0. The van der Waals surface area contributed by atoms with Gasteiger partial charge in [0.15, 0.2) is 6.10 Å². The van der Waals surface area contributed by atoms with Crippen molar-refractivity contribution >= 4 is 5.97 Å². The molecule has 20 heavy (non-hydrogen) atoms. The highest BCUT2D eigenvalue weighted by atomic mass is 16.5. The average molecular weight is 277 g/mol. The second-order valence-electron chi connectivity index (χ2n) is 5.27. The molecule has 0 amide bonds. The molecule has 1 fully saturated rings. The van der Waals surface area contributed by atoms with Crippen molar-refractivity contribution in [3.05, 3.63) is 35.4 Å². The standard InChI is InChI=1S/C15H19NO4/c17-15(18)14-10-16(6-8-20-14)9-13-12-4-2-1-3-11(12)5-7-19-13/h1-4,13-14H,5-10H2,(H,17,18). The van der Waals surface area contributed by atoms with Gasteiger partial charge in [0, 0.05) is 19.6 Å². The summed E-state index contributed by atoms with van der Waals surface area (Å²) in [5, 5.41) is 9.04. The number of carboxylic acids is 1. The molecule has 2 atom stereocenters. The molecule has 0 radical (unpaired) electrons. The van der Waals surface area contributed by atoms with Gasteiger partial charge in [0.1, 0.15) is 0 Å². The van der Waals surface area contributed by atoms with Gasteiger partial charge < -0.3 is 14.6 Å². The Kier molecular flexibility index (Phi) is 4.00. The van der Waals surface area contributed by atoms with Crippen LogP contribution in [0.15, 0.2) is 24.3 Å². The Morgan fingerprint density at radius 2 is 2.15 bits per heavy atom. The van der Waals surface area contributed by atoms with Crippen LogP contribution in [0.5, 0.6) is 0 Å². The maximum absolute atomic E-state index is 11.0. The minimum Gasteiger partial charge on any atom is -0.479 e. The van der Waals surface area contributed by atoms with Crippen molar-refractivity contribution in [1.29, 1.82) is 0 Å². The van der Waals surface area contributed by atoms with E-state index >= 15 is 0 Å². The van der Waals surface area contributed by atoms with Gasteiger partial charge in [0.2, 0.25) is 0 Å². The summed E-state index contributed by atoms with van der Waals surface area (Å²) in [5.41, 5.74) is 2.57. The molecule has 5 heteroatoms. The lowest BCUT2D eigenvalue weighted by molar-refractivity contribution is -0.157. The van der Waals surface area contributed by atoms with Gasteiger partial charge in [-0.25, -0.2) is 4.79 Å². The molecule has 3 rings (SSSR count). The van der Waals surface area contributed by atoms with E-state index in [1.54, 1.807) is 0 Å². The summed E-state index contributed by atoms with van der Waals surface area (Å²) in [5.74, 6) is -0.889. The van der Waals surface area contributed by atoms with Crippen LogP contribution < -0.4 is 0 Å². The second kappa shape index (κ2) is 5.91. The van der Waals surface area contributed by atoms with E-state index in [1.807, 2.05) is 6.07 Å². The summed E-state index contributed by atoms with van der Waals surface area (Å²) in [7, 11) is 0. The molecule has 108 valence electrons. The van der Waals surface area contributed by atoms with Crippen LogP contribution in [-0.4, -0.2) is 54.9 Å². The first-order valence-corrected chi connectivity index (χ1v) is 7.00. The fourth-order valence-corrected chi connectivity index (χ4v) is 2.88. The molecule has 0 saturated carbocycles. The first kappa shape index (κ1) is 13.5. The smallest absolute Gasteiger partial charge is 0.334 e.